The molecule has 3 N–H and O–H groups in total. The molecule has 0 radical (unpaired) electrons. The number of anilines is 1. The summed E-state index contributed by atoms with van der Waals surface area (Å²) in [7, 11) is 1.33. The van der Waals surface area contributed by atoms with Crippen LogP contribution in [0.25, 0.3) is 10.6 Å². The second kappa shape index (κ2) is 6.86. The molecular formula is C19H19N3O3S. The number of aliphatic hydroxyl groups is 1. The quantitative estimate of drug-likeness (QED) is 0.686. The zero-order valence-electron chi connectivity index (χ0n) is 14.7. The van der Waals surface area contributed by atoms with Crippen LogP contribution >= 0.6 is 11.3 Å². The Morgan fingerprint density at radius 1 is 1.27 bits per heavy atom. The predicted octanol–water partition coefficient (Wildman–Crippen LogP) is 3.14. The molecule has 1 unspecified atom stereocenters. The zero-order chi connectivity index (χ0) is 18.9. The summed E-state index contributed by atoms with van der Waals surface area (Å²) in [5.41, 5.74) is 7.30. The van der Waals surface area contributed by atoms with Gasteiger partial charge in [-0.15, -0.1) is 11.3 Å². The van der Waals surface area contributed by atoms with Gasteiger partial charge in [0, 0.05) is 6.20 Å². The van der Waals surface area contributed by atoms with Crippen molar-refractivity contribution < 1.29 is 14.6 Å². The lowest BCUT2D eigenvalue weighted by Gasteiger charge is -2.21. The van der Waals surface area contributed by atoms with E-state index in [2.05, 4.69) is 14.7 Å². The number of methoxy groups -OCH3 is 1. The molecule has 0 saturated heterocycles. The van der Waals surface area contributed by atoms with E-state index < -0.39 is 11.6 Å². The van der Waals surface area contributed by atoms with E-state index in [1.54, 1.807) is 43.5 Å². The molecule has 2 heterocycles. The molecule has 0 aliphatic rings. The first kappa shape index (κ1) is 18.0. The molecule has 0 saturated carbocycles. The molecule has 26 heavy (non-hydrogen) atoms. The number of hydrogen-bond acceptors (Lipinski definition) is 7. The lowest BCUT2D eigenvalue weighted by molar-refractivity contribution is 0.0600. The number of nitrogen functional groups attached to an aromatic ring is 1. The lowest BCUT2D eigenvalue weighted by atomic mass is 9.96. The van der Waals surface area contributed by atoms with E-state index in [1.165, 1.54) is 18.4 Å². The molecule has 0 aliphatic carbocycles. The monoisotopic (exact) mass is 369 g/mol. The number of rotatable bonds is 4. The molecule has 0 fully saturated rings. The maximum Gasteiger partial charge on any atom is 0.337 e. The Bertz CT molecular complexity index is 929. The Balaban J connectivity index is 1.93. The van der Waals surface area contributed by atoms with Crippen LogP contribution in [-0.4, -0.2) is 28.2 Å². The average molecular weight is 369 g/mol. The Morgan fingerprint density at radius 2 is 1.96 bits per heavy atom. The van der Waals surface area contributed by atoms with Gasteiger partial charge in [-0.05, 0) is 49.2 Å². The van der Waals surface area contributed by atoms with E-state index in [-0.39, 0.29) is 0 Å². The smallest absolute Gasteiger partial charge is 0.337 e. The van der Waals surface area contributed by atoms with E-state index in [1.807, 2.05) is 13.0 Å². The Morgan fingerprint density at radius 3 is 2.58 bits per heavy atom. The van der Waals surface area contributed by atoms with Crippen LogP contribution in [0.2, 0.25) is 0 Å². The van der Waals surface area contributed by atoms with Crippen molar-refractivity contribution in [3.05, 3.63) is 64.3 Å². The summed E-state index contributed by atoms with van der Waals surface area (Å²) in [6, 6.07) is 10.3. The average Bonchev–Trinajstić information content (AvgIpc) is 3.11. The highest BCUT2D eigenvalue weighted by Gasteiger charge is 2.29. The van der Waals surface area contributed by atoms with Crippen LogP contribution in [0.1, 0.15) is 33.4 Å². The van der Waals surface area contributed by atoms with E-state index in [4.69, 9.17) is 5.73 Å². The topological polar surface area (TPSA) is 98.3 Å². The normalized spacial score (nSPS) is 13.2. The van der Waals surface area contributed by atoms with Gasteiger partial charge < -0.3 is 15.6 Å². The highest BCUT2D eigenvalue weighted by atomic mass is 32.1. The van der Waals surface area contributed by atoms with Crippen molar-refractivity contribution in [2.45, 2.75) is 19.4 Å². The van der Waals surface area contributed by atoms with Crippen molar-refractivity contribution in [1.29, 1.82) is 0 Å². The first-order valence-electron chi connectivity index (χ1n) is 7.93. The number of aromatic nitrogens is 2. The number of pyridine rings is 1. The fourth-order valence-electron chi connectivity index (χ4n) is 2.61. The summed E-state index contributed by atoms with van der Waals surface area (Å²) in [6.07, 6.45) is 1.68. The second-order valence-corrected chi connectivity index (χ2v) is 7.16. The minimum absolute atomic E-state index is 0.421. The number of aryl methyl sites for hydroxylation is 1. The highest BCUT2D eigenvalue weighted by molar-refractivity contribution is 7.15. The van der Waals surface area contributed by atoms with Crippen LogP contribution < -0.4 is 5.73 Å². The summed E-state index contributed by atoms with van der Waals surface area (Å²) >= 11 is 1.35. The van der Waals surface area contributed by atoms with Crippen molar-refractivity contribution in [3.63, 3.8) is 0 Å². The summed E-state index contributed by atoms with van der Waals surface area (Å²) in [6.45, 7) is 3.61. The molecule has 7 heteroatoms. The summed E-state index contributed by atoms with van der Waals surface area (Å²) in [4.78, 5) is 21.1. The molecule has 1 aromatic carbocycles. The molecule has 0 amide bonds. The van der Waals surface area contributed by atoms with E-state index >= 15 is 0 Å². The zero-order valence-corrected chi connectivity index (χ0v) is 15.5. The molecule has 1 atom stereocenters. The number of benzene rings is 1. The van der Waals surface area contributed by atoms with E-state index in [0.717, 1.165) is 16.1 Å². The fraction of sp³-hybridized carbons (Fsp3) is 0.211. The molecule has 3 aromatic rings. The SMILES string of the molecule is COC(=O)c1ccc(C(C)(O)c2ncc(-c3cc(C)cc(N)n3)s2)cc1. The fourth-order valence-corrected chi connectivity index (χ4v) is 3.56. The minimum atomic E-state index is -1.30. The molecule has 6 nitrogen and oxygen atoms in total. The van der Waals surface area contributed by atoms with Gasteiger partial charge >= 0.3 is 5.97 Å². The second-order valence-electron chi connectivity index (χ2n) is 6.13. The van der Waals surface area contributed by atoms with E-state index in [0.29, 0.717) is 22.0 Å². The molecule has 3 rings (SSSR count). The van der Waals surface area contributed by atoms with E-state index in [9.17, 15) is 9.90 Å². The number of carbonyl (C=O) groups excluding carboxylic acids is 1. The van der Waals surface area contributed by atoms with Crippen LogP contribution in [0, 0.1) is 6.92 Å². The molecular weight excluding hydrogens is 350 g/mol. The first-order chi connectivity index (χ1) is 12.3. The van der Waals surface area contributed by atoms with Crippen molar-refractivity contribution in [3.8, 4) is 10.6 Å². The lowest BCUT2D eigenvalue weighted by Crippen LogP contribution is -2.22. The Kier molecular flexibility index (Phi) is 4.76. The number of nitrogens with two attached hydrogens (primary N) is 1. The van der Waals surface area contributed by atoms with Gasteiger partial charge in [0.1, 0.15) is 16.4 Å². The van der Waals surface area contributed by atoms with Crippen molar-refractivity contribution >= 4 is 23.1 Å². The van der Waals surface area contributed by atoms with Crippen LogP contribution in [-0.2, 0) is 10.3 Å². The third-order valence-electron chi connectivity index (χ3n) is 4.03. The maximum absolute atomic E-state index is 11.5. The molecule has 0 bridgehead atoms. The van der Waals surface area contributed by atoms with Crippen LogP contribution in [0.5, 0.6) is 0 Å². The maximum atomic E-state index is 11.5. The van der Waals surface area contributed by atoms with Crippen LogP contribution in [0.15, 0.2) is 42.6 Å². The first-order valence-corrected chi connectivity index (χ1v) is 8.75. The standard InChI is InChI=1S/C19H19N3O3S/c1-11-8-14(22-16(20)9-11)15-10-21-18(26-15)19(2,24)13-6-4-12(5-7-13)17(23)25-3/h4-10,24H,1-3H3,(H2,20,22). The van der Waals surface area contributed by atoms with Gasteiger partial charge in [0.15, 0.2) is 0 Å². The summed E-state index contributed by atoms with van der Waals surface area (Å²) < 4.78 is 4.69. The van der Waals surface area contributed by atoms with Gasteiger partial charge in [0.2, 0.25) is 0 Å². The molecule has 0 aliphatic heterocycles. The molecule has 2 aromatic heterocycles. The number of carbonyl (C=O) groups is 1. The highest BCUT2D eigenvalue weighted by Crippen LogP contribution is 2.35. The van der Waals surface area contributed by atoms with Gasteiger partial charge in [-0.1, -0.05) is 12.1 Å². The van der Waals surface area contributed by atoms with Crippen LogP contribution in [0.3, 0.4) is 0 Å². The minimum Gasteiger partial charge on any atom is -0.465 e. The van der Waals surface area contributed by atoms with Gasteiger partial charge in [-0.3, -0.25) is 0 Å². The van der Waals surface area contributed by atoms with Gasteiger partial charge in [-0.25, -0.2) is 14.8 Å². The molecule has 0 spiro atoms. The van der Waals surface area contributed by atoms with Crippen LogP contribution in [0.4, 0.5) is 5.82 Å². The largest absolute Gasteiger partial charge is 0.465 e. The Labute approximate surface area is 155 Å². The van der Waals surface area contributed by atoms with Gasteiger partial charge in [0.05, 0.1) is 23.2 Å². The van der Waals surface area contributed by atoms with Crippen molar-refractivity contribution in [2.75, 3.05) is 12.8 Å². The van der Waals surface area contributed by atoms with Crippen molar-refractivity contribution in [1.82, 2.24) is 9.97 Å². The Hall–Kier alpha value is -2.77. The molecule has 134 valence electrons. The summed E-state index contributed by atoms with van der Waals surface area (Å²) in [5, 5.41) is 11.5. The summed E-state index contributed by atoms with van der Waals surface area (Å²) in [5.74, 6) is 0.0240. The third kappa shape index (κ3) is 3.44. The number of nitrogens with zero attached hydrogens (tertiary/aromatic N) is 2. The number of hydrogen-bond donors (Lipinski definition) is 2. The number of esters is 1. The number of ether oxygens (including phenoxy) is 1. The van der Waals surface area contributed by atoms with Crippen molar-refractivity contribution in [2.24, 2.45) is 0 Å². The van der Waals surface area contributed by atoms with Gasteiger partial charge in [0.25, 0.3) is 0 Å². The predicted molar refractivity (Wildman–Crippen MR) is 101 cm³/mol. The third-order valence-corrected chi connectivity index (χ3v) is 5.26. The van der Waals surface area contributed by atoms with Gasteiger partial charge in [-0.2, -0.15) is 0 Å². The number of thiazole rings is 1.